The maximum atomic E-state index is 13.6. The lowest BCUT2D eigenvalue weighted by Gasteiger charge is -2.24. The van der Waals surface area contributed by atoms with Crippen molar-refractivity contribution in [1.82, 2.24) is 0 Å². The smallest absolute Gasteiger partial charge is 0.341 e. The highest BCUT2D eigenvalue weighted by Gasteiger charge is 2.30. The first-order valence-corrected chi connectivity index (χ1v) is 14.3. The van der Waals surface area contributed by atoms with E-state index in [0.29, 0.717) is 22.0 Å². The molecule has 3 aromatic rings. The molecule has 1 N–H and O–H groups in total. The molecule has 2 aromatic carbocycles. The van der Waals surface area contributed by atoms with E-state index in [1.54, 1.807) is 43.3 Å². The van der Waals surface area contributed by atoms with Crippen LogP contribution in [0.5, 0.6) is 5.75 Å². The van der Waals surface area contributed by atoms with Crippen LogP contribution in [0.4, 0.5) is 10.7 Å². The Labute approximate surface area is 221 Å². The van der Waals surface area contributed by atoms with Gasteiger partial charge in [-0.2, -0.15) is 0 Å². The van der Waals surface area contributed by atoms with Crippen LogP contribution in [0, 0.1) is 6.92 Å². The van der Waals surface area contributed by atoms with Crippen molar-refractivity contribution in [3.8, 4) is 5.75 Å². The number of hydrogen-bond acceptors (Lipinski definition) is 7. The van der Waals surface area contributed by atoms with E-state index < -0.39 is 28.4 Å². The van der Waals surface area contributed by atoms with E-state index in [4.69, 9.17) is 9.47 Å². The number of amides is 1. The number of rotatable bonds is 9. The predicted molar refractivity (Wildman–Crippen MR) is 144 cm³/mol. The van der Waals surface area contributed by atoms with Crippen molar-refractivity contribution < 1.29 is 27.5 Å². The van der Waals surface area contributed by atoms with Gasteiger partial charge in [0.05, 0.1) is 29.9 Å². The van der Waals surface area contributed by atoms with Gasteiger partial charge in [0.1, 0.15) is 17.3 Å². The lowest BCUT2D eigenvalue weighted by Crippen LogP contribution is -2.38. The van der Waals surface area contributed by atoms with Gasteiger partial charge < -0.3 is 14.8 Å². The van der Waals surface area contributed by atoms with Gasteiger partial charge in [0.25, 0.3) is 10.0 Å². The second-order valence-electron chi connectivity index (χ2n) is 8.71. The standard InChI is InChI=1S/C27H30N2O6S2/c1-4-35-27(31)25-22-7-5-6-8-23(22)36-26(25)28-24(30)17-29(19-11-13-20(34-3)14-12-19)37(32,33)21-15-9-18(2)10-16-21/h9-16H,4-8,17H2,1-3H3,(H,28,30). The molecule has 0 spiro atoms. The highest BCUT2D eigenvalue weighted by Crippen LogP contribution is 2.38. The molecule has 0 aliphatic heterocycles. The highest BCUT2D eigenvalue weighted by molar-refractivity contribution is 7.92. The van der Waals surface area contributed by atoms with Gasteiger partial charge in [0, 0.05) is 4.88 Å². The zero-order valence-corrected chi connectivity index (χ0v) is 22.7. The number of esters is 1. The summed E-state index contributed by atoms with van der Waals surface area (Å²) >= 11 is 1.36. The van der Waals surface area contributed by atoms with Gasteiger partial charge in [-0.05, 0) is 81.5 Å². The van der Waals surface area contributed by atoms with Crippen LogP contribution >= 0.6 is 11.3 Å². The Hall–Kier alpha value is -3.37. The van der Waals surface area contributed by atoms with Crippen molar-refractivity contribution in [2.75, 3.05) is 29.9 Å². The van der Waals surface area contributed by atoms with Crippen LogP contribution in [-0.4, -0.2) is 40.6 Å². The first-order chi connectivity index (χ1) is 17.7. The number of thiophene rings is 1. The molecule has 0 unspecified atom stereocenters. The first-order valence-electron chi connectivity index (χ1n) is 12.1. The third kappa shape index (κ3) is 5.80. The van der Waals surface area contributed by atoms with Crippen molar-refractivity contribution in [3.05, 3.63) is 70.1 Å². The summed E-state index contributed by atoms with van der Waals surface area (Å²) in [6.07, 6.45) is 3.56. The van der Waals surface area contributed by atoms with Gasteiger partial charge in [-0.3, -0.25) is 9.10 Å². The number of carbonyl (C=O) groups excluding carboxylic acids is 2. The number of carbonyl (C=O) groups is 2. The van der Waals surface area contributed by atoms with Crippen molar-refractivity contribution in [3.63, 3.8) is 0 Å². The Kier molecular flexibility index (Phi) is 8.19. The maximum absolute atomic E-state index is 13.6. The van der Waals surface area contributed by atoms with Gasteiger partial charge in [0.15, 0.2) is 0 Å². The molecular weight excluding hydrogens is 512 g/mol. The number of methoxy groups -OCH3 is 1. The third-order valence-corrected chi connectivity index (χ3v) is 9.16. The Bertz CT molecular complexity index is 1380. The summed E-state index contributed by atoms with van der Waals surface area (Å²) in [6.45, 7) is 3.34. The van der Waals surface area contributed by atoms with E-state index in [1.807, 2.05) is 6.92 Å². The summed E-state index contributed by atoms with van der Waals surface area (Å²) in [7, 11) is -2.55. The number of ether oxygens (including phenoxy) is 2. The SMILES string of the molecule is CCOC(=O)c1c(NC(=O)CN(c2ccc(OC)cc2)S(=O)(=O)c2ccc(C)cc2)sc2c1CCCC2. The maximum Gasteiger partial charge on any atom is 0.341 e. The topological polar surface area (TPSA) is 102 Å². The van der Waals surface area contributed by atoms with Crippen LogP contribution in [0.2, 0.25) is 0 Å². The van der Waals surface area contributed by atoms with E-state index in [1.165, 1.54) is 30.6 Å². The summed E-state index contributed by atoms with van der Waals surface area (Å²) in [5, 5.41) is 3.21. The number of nitrogens with one attached hydrogen (secondary N) is 1. The van der Waals surface area contributed by atoms with Crippen LogP contribution in [0.1, 0.15) is 46.1 Å². The molecule has 8 nitrogen and oxygen atoms in total. The zero-order valence-electron chi connectivity index (χ0n) is 21.1. The van der Waals surface area contributed by atoms with E-state index in [0.717, 1.165) is 46.0 Å². The molecule has 0 fully saturated rings. The van der Waals surface area contributed by atoms with Gasteiger partial charge in [-0.1, -0.05) is 17.7 Å². The molecule has 1 aliphatic carbocycles. The molecule has 196 valence electrons. The fraction of sp³-hybridized carbons (Fsp3) is 0.333. The van der Waals surface area contributed by atoms with Crippen LogP contribution in [0.3, 0.4) is 0 Å². The minimum absolute atomic E-state index is 0.0699. The average Bonchev–Trinajstić information content (AvgIpc) is 3.25. The van der Waals surface area contributed by atoms with Crippen molar-refractivity contribution >= 4 is 43.9 Å². The van der Waals surface area contributed by atoms with Gasteiger partial charge >= 0.3 is 5.97 Å². The molecule has 1 aromatic heterocycles. The summed E-state index contributed by atoms with van der Waals surface area (Å²) < 4.78 is 38.8. The molecule has 0 saturated heterocycles. The molecular formula is C27H30N2O6S2. The van der Waals surface area contributed by atoms with Crippen LogP contribution in [0.25, 0.3) is 0 Å². The predicted octanol–water partition coefficient (Wildman–Crippen LogP) is 4.95. The Balaban J connectivity index is 1.67. The number of nitrogens with zero attached hydrogens (tertiary/aromatic N) is 1. The van der Waals surface area contributed by atoms with Crippen LogP contribution in [0.15, 0.2) is 53.4 Å². The van der Waals surface area contributed by atoms with E-state index in [-0.39, 0.29) is 11.5 Å². The Morgan fingerprint density at radius 3 is 2.35 bits per heavy atom. The molecule has 0 bridgehead atoms. The fourth-order valence-electron chi connectivity index (χ4n) is 4.27. The zero-order chi connectivity index (χ0) is 26.6. The van der Waals surface area contributed by atoms with E-state index >= 15 is 0 Å². The number of fused-ring (bicyclic) bond motifs is 1. The van der Waals surface area contributed by atoms with Crippen LogP contribution < -0.4 is 14.4 Å². The summed E-state index contributed by atoms with van der Waals surface area (Å²) in [5.74, 6) is -0.476. The number of hydrogen-bond donors (Lipinski definition) is 1. The number of sulfonamides is 1. The van der Waals surface area contributed by atoms with E-state index in [9.17, 15) is 18.0 Å². The first kappa shape index (κ1) is 26.7. The van der Waals surface area contributed by atoms with Gasteiger partial charge in [0.2, 0.25) is 5.91 Å². The minimum atomic E-state index is -4.07. The third-order valence-electron chi connectivity index (χ3n) is 6.16. The normalized spacial score (nSPS) is 12.9. The van der Waals surface area contributed by atoms with Gasteiger partial charge in [-0.15, -0.1) is 11.3 Å². The molecule has 4 rings (SSSR count). The summed E-state index contributed by atoms with van der Waals surface area (Å²) in [6, 6.07) is 12.9. The molecule has 10 heteroatoms. The van der Waals surface area contributed by atoms with Gasteiger partial charge in [-0.25, -0.2) is 13.2 Å². The highest BCUT2D eigenvalue weighted by atomic mass is 32.2. The molecule has 0 atom stereocenters. The fourth-order valence-corrected chi connectivity index (χ4v) is 6.99. The molecule has 1 aliphatic rings. The quantitative estimate of drug-likeness (QED) is 0.384. The summed E-state index contributed by atoms with van der Waals surface area (Å²) in [5.41, 5.74) is 2.53. The molecule has 1 amide bonds. The second kappa shape index (κ2) is 11.4. The Morgan fingerprint density at radius 2 is 1.70 bits per heavy atom. The molecule has 0 saturated carbocycles. The van der Waals surface area contributed by atoms with Crippen molar-refractivity contribution in [2.45, 2.75) is 44.4 Å². The molecule has 0 radical (unpaired) electrons. The summed E-state index contributed by atoms with van der Waals surface area (Å²) in [4.78, 5) is 27.2. The monoisotopic (exact) mass is 542 g/mol. The average molecular weight is 543 g/mol. The molecule has 1 heterocycles. The van der Waals surface area contributed by atoms with E-state index in [2.05, 4.69) is 5.32 Å². The van der Waals surface area contributed by atoms with Crippen LogP contribution in [-0.2, 0) is 32.4 Å². The number of anilines is 2. The minimum Gasteiger partial charge on any atom is -0.497 e. The largest absolute Gasteiger partial charge is 0.497 e. The Morgan fingerprint density at radius 1 is 1.03 bits per heavy atom. The van der Waals surface area contributed by atoms with Crippen molar-refractivity contribution in [2.24, 2.45) is 0 Å². The second-order valence-corrected chi connectivity index (χ2v) is 11.7. The molecule has 37 heavy (non-hydrogen) atoms. The lowest BCUT2D eigenvalue weighted by atomic mass is 9.95. The lowest BCUT2D eigenvalue weighted by molar-refractivity contribution is -0.114. The number of benzene rings is 2. The number of aryl methyl sites for hydroxylation is 2. The van der Waals surface area contributed by atoms with Crippen molar-refractivity contribution in [1.29, 1.82) is 0 Å².